The van der Waals surface area contributed by atoms with Gasteiger partial charge in [0, 0.05) is 13.1 Å². The summed E-state index contributed by atoms with van der Waals surface area (Å²) in [5.74, 6) is -2.54. The van der Waals surface area contributed by atoms with E-state index in [1.807, 2.05) is 0 Å². The highest BCUT2D eigenvalue weighted by Gasteiger charge is 2.41. The third-order valence-electron chi connectivity index (χ3n) is 3.36. The van der Waals surface area contributed by atoms with Gasteiger partial charge in [-0.1, -0.05) is 0 Å². The van der Waals surface area contributed by atoms with Crippen molar-refractivity contribution in [1.82, 2.24) is 4.90 Å². The fourth-order valence-corrected chi connectivity index (χ4v) is 2.93. The van der Waals surface area contributed by atoms with Gasteiger partial charge in [-0.05, 0) is 24.3 Å². The Balaban J connectivity index is 1.94. The lowest BCUT2D eigenvalue weighted by Gasteiger charge is -2.32. The van der Waals surface area contributed by atoms with E-state index in [1.54, 1.807) is 0 Å². The number of likely N-dealkylation sites (tertiary alicyclic amines) is 1. The van der Waals surface area contributed by atoms with E-state index in [0.717, 1.165) is 11.3 Å². The number of alkyl halides is 3. The number of thiophene rings is 1. The second kappa shape index (κ2) is 5.92. The lowest BCUT2D eigenvalue weighted by Crippen LogP contribution is -2.44. The molecule has 1 aliphatic rings. The summed E-state index contributed by atoms with van der Waals surface area (Å²) in [6.07, 6.45) is -4.49. The Morgan fingerprint density at radius 1 is 1.33 bits per heavy atom. The molecule has 1 aliphatic heterocycles. The minimum absolute atomic E-state index is 0.00376. The van der Waals surface area contributed by atoms with E-state index in [1.165, 1.54) is 16.3 Å². The first-order valence-corrected chi connectivity index (χ1v) is 7.10. The monoisotopic (exact) mass is 322 g/mol. The number of anilines is 1. The molecule has 2 amide bonds. The van der Waals surface area contributed by atoms with Crippen molar-refractivity contribution >= 4 is 28.3 Å². The van der Waals surface area contributed by atoms with Gasteiger partial charge >= 0.3 is 18.2 Å². The smallest absolute Gasteiger partial charge is 0.391 e. The van der Waals surface area contributed by atoms with Crippen LogP contribution in [0.5, 0.6) is 0 Å². The molecular formula is C12H13F3N2O3S. The maximum Gasteiger partial charge on any atom is 0.391 e. The standard InChI is InChI=1S/C12H13F3N2O3S/c13-12(14,15)7-1-4-17(5-2-7)11(20)16-9-8(10(18)19)3-6-21-9/h3,6-7H,1-2,4-5H2,(H,16,20)(H,18,19). The molecule has 0 aliphatic carbocycles. The normalized spacial score (nSPS) is 16.8. The van der Waals surface area contributed by atoms with E-state index < -0.39 is 24.1 Å². The molecule has 5 nitrogen and oxygen atoms in total. The van der Waals surface area contributed by atoms with Gasteiger partial charge < -0.3 is 10.0 Å². The second-order valence-corrected chi connectivity index (χ2v) is 5.62. The molecule has 2 heterocycles. The molecular weight excluding hydrogens is 309 g/mol. The quantitative estimate of drug-likeness (QED) is 0.878. The summed E-state index contributed by atoms with van der Waals surface area (Å²) in [4.78, 5) is 24.1. The first-order valence-electron chi connectivity index (χ1n) is 6.22. The molecule has 2 N–H and O–H groups in total. The highest BCUT2D eigenvalue weighted by molar-refractivity contribution is 7.14. The van der Waals surface area contributed by atoms with Crippen molar-refractivity contribution in [3.63, 3.8) is 0 Å². The van der Waals surface area contributed by atoms with Crippen LogP contribution in [-0.2, 0) is 0 Å². The average Bonchev–Trinajstić information content (AvgIpc) is 2.86. The van der Waals surface area contributed by atoms with Crippen LogP contribution in [0, 0.1) is 5.92 Å². The number of hydrogen-bond acceptors (Lipinski definition) is 3. The Bertz CT molecular complexity index is 536. The Hall–Kier alpha value is -1.77. The Labute approximate surface area is 122 Å². The molecule has 0 aromatic carbocycles. The van der Waals surface area contributed by atoms with Gasteiger partial charge in [-0.3, -0.25) is 5.32 Å². The predicted octanol–water partition coefficient (Wildman–Crippen LogP) is 3.25. The topological polar surface area (TPSA) is 69.6 Å². The van der Waals surface area contributed by atoms with Crippen molar-refractivity contribution in [2.45, 2.75) is 19.0 Å². The maximum atomic E-state index is 12.5. The number of nitrogens with one attached hydrogen (secondary N) is 1. The molecule has 1 saturated heterocycles. The number of rotatable bonds is 2. The zero-order chi connectivity index (χ0) is 15.6. The van der Waals surface area contributed by atoms with E-state index in [4.69, 9.17) is 5.11 Å². The SMILES string of the molecule is O=C(O)c1ccsc1NC(=O)N1CCC(C(F)(F)F)CC1. The Morgan fingerprint density at radius 3 is 2.48 bits per heavy atom. The minimum atomic E-state index is -4.23. The van der Waals surface area contributed by atoms with Gasteiger partial charge in [0.1, 0.15) is 5.00 Å². The lowest BCUT2D eigenvalue weighted by atomic mass is 9.96. The number of nitrogens with zero attached hydrogens (tertiary/aromatic N) is 1. The zero-order valence-electron chi connectivity index (χ0n) is 10.8. The molecule has 9 heteroatoms. The molecule has 116 valence electrons. The molecule has 1 aromatic rings. The number of hydrogen-bond donors (Lipinski definition) is 2. The van der Waals surface area contributed by atoms with Crippen LogP contribution in [0.15, 0.2) is 11.4 Å². The maximum absolute atomic E-state index is 12.5. The Kier molecular flexibility index (Phi) is 4.40. The van der Waals surface area contributed by atoms with Crippen LogP contribution in [-0.4, -0.2) is 41.3 Å². The van der Waals surface area contributed by atoms with Gasteiger partial charge in [0.25, 0.3) is 0 Å². The third kappa shape index (κ3) is 3.66. The van der Waals surface area contributed by atoms with Gasteiger partial charge in [-0.15, -0.1) is 11.3 Å². The number of aromatic carboxylic acids is 1. The van der Waals surface area contributed by atoms with Crippen molar-refractivity contribution in [2.75, 3.05) is 18.4 Å². The van der Waals surface area contributed by atoms with Gasteiger partial charge in [0.15, 0.2) is 0 Å². The van der Waals surface area contributed by atoms with Crippen LogP contribution in [0.3, 0.4) is 0 Å². The summed E-state index contributed by atoms with van der Waals surface area (Å²) >= 11 is 1.06. The molecule has 0 unspecified atom stereocenters. The van der Waals surface area contributed by atoms with Gasteiger partial charge in [0.05, 0.1) is 11.5 Å². The van der Waals surface area contributed by atoms with Crippen molar-refractivity contribution in [1.29, 1.82) is 0 Å². The largest absolute Gasteiger partial charge is 0.478 e. The molecule has 0 radical (unpaired) electrons. The van der Waals surface area contributed by atoms with Gasteiger partial charge in [0.2, 0.25) is 0 Å². The summed E-state index contributed by atoms with van der Waals surface area (Å²) in [5, 5.41) is 13.1. The van der Waals surface area contributed by atoms with Crippen molar-refractivity contribution in [2.24, 2.45) is 5.92 Å². The number of halogens is 3. The minimum Gasteiger partial charge on any atom is -0.478 e. The number of piperidine rings is 1. The summed E-state index contributed by atoms with van der Waals surface area (Å²) in [6.45, 7) is 0.00752. The van der Waals surface area contributed by atoms with Gasteiger partial charge in [-0.25, -0.2) is 9.59 Å². The highest BCUT2D eigenvalue weighted by atomic mass is 32.1. The van der Waals surface area contributed by atoms with Crippen molar-refractivity contribution in [3.05, 3.63) is 17.0 Å². The summed E-state index contributed by atoms with van der Waals surface area (Å²) < 4.78 is 37.6. The van der Waals surface area contributed by atoms with Crippen LogP contribution in [0.25, 0.3) is 0 Å². The molecule has 2 rings (SSSR count). The predicted molar refractivity (Wildman–Crippen MR) is 70.6 cm³/mol. The lowest BCUT2D eigenvalue weighted by molar-refractivity contribution is -0.183. The van der Waals surface area contributed by atoms with E-state index in [-0.39, 0.29) is 36.5 Å². The molecule has 1 aromatic heterocycles. The summed E-state index contributed by atoms with van der Waals surface area (Å²) in [7, 11) is 0. The second-order valence-electron chi connectivity index (χ2n) is 4.70. The van der Waals surface area contributed by atoms with E-state index in [9.17, 15) is 22.8 Å². The summed E-state index contributed by atoms with van der Waals surface area (Å²) in [6, 6.07) is 0.791. The molecule has 0 bridgehead atoms. The van der Waals surface area contributed by atoms with Crippen LogP contribution in [0.1, 0.15) is 23.2 Å². The van der Waals surface area contributed by atoms with E-state index in [2.05, 4.69) is 5.32 Å². The first-order chi connectivity index (χ1) is 9.79. The Morgan fingerprint density at radius 2 is 1.95 bits per heavy atom. The van der Waals surface area contributed by atoms with Crippen LogP contribution < -0.4 is 5.32 Å². The van der Waals surface area contributed by atoms with Crippen molar-refractivity contribution in [3.8, 4) is 0 Å². The van der Waals surface area contributed by atoms with E-state index in [0.29, 0.717) is 0 Å². The fraction of sp³-hybridized carbons (Fsp3) is 0.500. The van der Waals surface area contributed by atoms with Crippen LogP contribution in [0.2, 0.25) is 0 Å². The molecule has 1 fully saturated rings. The zero-order valence-corrected chi connectivity index (χ0v) is 11.6. The van der Waals surface area contributed by atoms with E-state index >= 15 is 0 Å². The van der Waals surface area contributed by atoms with Crippen LogP contribution >= 0.6 is 11.3 Å². The van der Waals surface area contributed by atoms with Crippen molar-refractivity contribution < 1.29 is 27.9 Å². The number of carbonyl (C=O) groups is 2. The molecule has 0 saturated carbocycles. The number of carbonyl (C=O) groups excluding carboxylic acids is 1. The molecule has 0 spiro atoms. The highest BCUT2D eigenvalue weighted by Crippen LogP contribution is 2.34. The van der Waals surface area contributed by atoms with Crippen LogP contribution in [0.4, 0.5) is 23.0 Å². The first kappa shape index (κ1) is 15.6. The average molecular weight is 322 g/mol. The molecule has 21 heavy (non-hydrogen) atoms. The third-order valence-corrected chi connectivity index (χ3v) is 4.19. The summed E-state index contributed by atoms with van der Waals surface area (Å²) in [5.41, 5.74) is -0.0291. The number of amides is 2. The fourth-order valence-electron chi connectivity index (χ4n) is 2.16. The number of carboxylic acids is 1. The number of urea groups is 1. The van der Waals surface area contributed by atoms with Gasteiger partial charge in [-0.2, -0.15) is 13.2 Å². The number of carboxylic acid groups (broad SMARTS) is 1. The molecule has 0 atom stereocenters.